The average Bonchev–Trinajstić information content (AvgIpc) is 3.09. The molecule has 6 heteroatoms. The molecule has 1 amide bonds. The molecular formula is C17H20N2O4. The summed E-state index contributed by atoms with van der Waals surface area (Å²) in [6.07, 6.45) is 3.89. The van der Waals surface area contributed by atoms with Gasteiger partial charge in [-0.05, 0) is 49.2 Å². The van der Waals surface area contributed by atoms with E-state index in [9.17, 15) is 4.79 Å². The average molecular weight is 316 g/mol. The van der Waals surface area contributed by atoms with Crippen molar-refractivity contribution in [3.8, 4) is 11.5 Å². The maximum atomic E-state index is 11.7. The first-order chi connectivity index (χ1) is 11.2. The summed E-state index contributed by atoms with van der Waals surface area (Å²) in [5, 5.41) is 3.91. The van der Waals surface area contributed by atoms with E-state index >= 15 is 0 Å². The number of nitrogens with one attached hydrogen (secondary N) is 1. The minimum atomic E-state index is -0.404. The maximum absolute atomic E-state index is 11.7. The van der Waals surface area contributed by atoms with Crippen molar-refractivity contribution in [3.63, 3.8) is 0 Å². The Labute approximate surface area is 135 Å². The van der Waals surface area contributed by atoms with Gasteiger partial charge in [-0.3, -0.25) is 4.79 Å². The topological polar surface area (TPSA) is 73.1 Å². The van der Waals surface area contributed by atoms with E-state index in [1.165, 1.54) is 12.5 Å². The Bertz CT molecular complexity index is 651. The smallest absolute Gasteiger partial charge is 0.307 e. The largest absolute Gasteiger partial charge is 0.490 e. The highest BCUT2D eigenvalue weighted by Gasteiger charge is 2.07. The SMILES string of the molecule is CCCOc1ccc(/C=N/NC(=O)c2ccco2)cc1OCC. The fourth-order valence-electron chi connectivity index (χ4n) is 1.83. The lowest BCUT2D eigenvalue weighted by molar-refractivity contribution is 0.0927. The number of ether oxygens (including phenoxy) is 2. The van der Waals surface area contributed by atoms with Crippen molar-refractivity contribution in [3.05, 3.63) is 47.9 Å². The van der Waals surface area contributed by atoms with Crippen LogP contribution in [0.5, 0.6) is 11.5 Å². The van der Waals surface area contributed by atoms with Crippen LogP contribution < -0.4 is 14.9 Å². The van der Waals surface area contributed by atoms with E-state index in [1.807, 2.05) is 32.0 Å². The van der Waals surface area contributed by atoms with E-state index < -0.39 is 5.91 Å². The zero-order valence-electron chi connectivity index (χ0n) is 13.2. The van der Waals surface area contributed by atoms with Crippen LogP contribution in [0, 0.1) is 0 Å². The van der Waals surface area contributed by atoms with Crippen LogP contribution in [0.2, 0.25) is 0 Å². The Morgan fingerprint density at radius 3 is 2.83 bits per heavy atom. The molecule has 1 N–H and O–H groups in total. The molecule has 0 aliphatic carbocycles. The molecule has 0 unspecified atom stereocenters. The Morgan fingerprint density at radius 2 is 2.13 bits per heavy atom. The molecule has 2 rings (SSSR count). The van der Waals surface area contributed by atoms with Gasteiger partial charge in [0.1, 0.15) is 0 Å². The zero-order chi connectivity index (χ0) is 16.5. The van der Waals surface area contributed by atoms with E-state index in [-0.39, 0.29) is 5.76 Å². The van der Waals surface area contributed by atoms with Crippen molar-refractivity contribution in [1.29, 1.82) is 0 Å². The molecule has 122 valence electrons. The molecule has 0 atom stereocenters. The van der Waals surface area contributed by atoms with Crippen LogP contribution in [0.1, 0.15) is 36.4 Å². The molecule has 0 bridgehead atoms. The minimum Gasteiger partial charge on any atom is -0.490 e. The Morgan fingerprint density at radius 1 is 1.26 bits per heavy atom. The van der Waals surface area contributed by atoms with Crippen molar-refractivity contribution in [1.82, 2.24) is 5.43 Å². The van der Waals surface area contributed by atoms with E-state index in [2.05, 4.69) is 10.5 Å². The van der Waals surface area contributed by atoms with Gasteiger partial charge >= 0.3 is 5.91 Å². The lowest BCUT2D eigenvalue weighted by Crippen LogP contribution is -2.16. The van der Waals surface area contributed by atoms with Gasteiger partial charge < -0.3 is 13.9 Å². The standard InChI is InChI=1S/C17H20N2O4/c1-3-9-22-14-8-7-13(11-16(14)21-4-2)12-18-19-17(20)15-6-5-10-23-15/h5-8,10-12H,3-4,9H2,1-2H3,(H,19,20)/b18-12+. The van der Waals surface area contributed by atoms with Gasteiger partial charge in [0.15, 0.2) is 17.3 Å². The first-order valence-corrected chi connectivity index (χ1v) is 7.51. The van der Waals surface area contributed by atoms with Gasteiger partial charge in [-0.2, -0.15) is 5.10 Å². The normalized spacial score (nSPS) is 10.7. The number of furan rings is 1. The molecule has 23 heavy (non-hydrogen) atoms. The zero-order valence-corrected chi connectivity index (χ0v) is 13.2. The number of hydrogen-bond acceptors (Lipinski definition) is 5. The number of nitrogens with zero attached hydrogens (tertiary/aromatic N) is 1. The number of benzene rings is 1. The molecule has 6 nitrogen and oxygen atoms in total. The number of carbonyl (C=O) groups excluding carboxylic acids is 1. The summed E-state index contributed by atoms with van der Waals surface area (Å²) in [6.45, 7) is 5.13. The number of amides is 1. The molecule has 0 fully saturated rings. The molecule has 1 aromatic carbocycles. The summed E-state index contributed by atoms with van der Waals surface area (Å²) >= 11 is 0. The quantitative estimate of drug-likeness (QED) is 0.599. The van der Waals surface area contributed by atoms with Gasteiger partial charge in [0, 0.05) is 0 Å². The first-order valence-electron chi connectivity index (χ1n) is 7.51. The number of carbonyl (C=O) groups is 1. The third-order valence-electron chi connectivity index (χ3n) is 2.85. The van der Waals surface area contributed by atoms with Gasteiger partial charge in [0.2, 0.25) is 0 Å². The number of hydrazone groups is 1. The number of hydrogen-bond donors (Lipinski definition) is 1. The van der Waals surface area contributed by atoms with E-state index in [4.69, 9.17) is 13.9 Å². The highest BCUT2D eigenvalue weighted by atomic mass is 16.5. The summed E-state index contributed by atoms with van der Waals surface area (Å²) in [7, 11) is 0. The lowest BCUT2D eigenvalue weighted by atomic mass is 10.2. The van der Waals surface area contributed by atoms with Crippen LogP contribution in [0.3, 0.4) is 0 Å². The van der Waals surface area contributed by atoms with Crippen LogP contribution in [-0.4, -0.2) is 25.3 Å². The molecule has 0 saturated carbocycles. The fraction of sp³-hybridized carbons (Fsp3) is 0.294. The van der Waals surface area contributed by atoms with Gasteiger partial charge in [-0.15, -0.1) is 0 Å². The highest BCUT2D eigenvalue weighted by Crippen LogP contribution is 2.28. The Hall–Kier alpha value is -2.76. The minimum absolute atomic E-state index is 0.209. The van der Waals surface area contributed by atoms with Crippen LogP contribution >= 0.6 is 0 Å². The van der Waals surface area contributed by atoms with Crippen molar-refractivity contribution >= 4 is 12.1 Å². The molecule has 0 saturated heterocycles. The van der Waals surface area contributed by atoms with Crippen molar-refractivity contribution in [2.75, 3.05) is 13.2 Å². The monoisotopic (exact) mass is 316 g/mol. The summed E-state index contributed by atoms with van der Waals surface area (Å²) in [5.41, 5.74) is 3.19. The maximum Gasteiger partial charge on any atom is 0.307 e. The van der Waals surface area contributed by atoms with Crippen LogP contribution in [0.15, 0.2) is 46.1 Å². The molecule has 0 radical (unpaired) electrons. The van der Waals surface area contributed by atoms with Gasteiger partial charge in [0.25, 0.3) is 0 Å². The molecule has 0 spiro atoms. The Kier molecular flexibility index (Phi) is 6.23. The van der Waals surface area contributed by atoms with Crippen molar-refractivity contribution in [2.24, 2.45) is 5.10 Å². The molecule has 0 aliphatic heterocycles. The fourth-order valence-corrected chi connectivity index (χ4v) is 1.83. The predicted molar refractivity (Wildman–Crippen MR) is 87.2 cm³/mol. The molecular weight excluding hydrogens is 296 g/mol. The second kappa shape index (κ2) is 8.63. The second-order valence-electron chi connectivity index (χ2n) is 4.66. The summed E-state index contributed by atoms with van der Waals surface area (Å²) < 4.78 is 16.2. The molecule has 2 aromatic rings. The van der Waals surface area contributed by atoms with E-state index in [0.717, 1.165) is 12.0 Å². The van der Waals surface area contributed by atoms with E-state index in [0.29, 0.717) is 24.7 Å². The number of rotatable bonds is 8. The van der Waals surface area contributed by atoms with E-state index in [1.54, 1.807) is 12.1 Å². The molecule has 0 aliphatic rings. The van der Waals surface area contributed by atoms with Crippen LogP contribution in [0.25, 0.3) is 0 Å². The summed E-state index contributed by atoms with van der Waals surface area (Å²) in [6, 6.07) is 8.70. The van der Waals surface area contributed by atoms with Crippen molar-refractivity contribution in [2.45, 2.75) is 20.3 Å². The predicted octanol–water partition coefficient (Wildman–Crippen LogP) is 3.23. The van der Waals surface area contributed by atoms with Crippen molar-refractivity contribution < 1.29 is 18.7 Å². The third kappa shape index (κ3) is 4.88. The second-order valence-corrected chi connectivity index (χ2v) is 4.66. The van der Waals surface area contributed by atoms with Crippen LogP contribution in [0.4, 0.5) is 0 Å². The lowest BCUT2D eigenvalue weighted by Gasteiger charge is -2.11. The Balaban J connectivity index is 2.02. The third-order valence-corrected chi connectivity index (χ3v) is 2.85. The molecule has 1 heterocycles. The van der Waals surface area contributed by atoms with Gasteiger partial charge in [0.05, 0.1) is 25.7 Å². The van der Waals surface area contributed by atoms with Gasteiger partial charge in [-0.1, -0.05) is 6.92 Å². The first kappa shape index (κ1) is 16.6. The van der Waals surface area contributed by atoms with Gasteiger partial charge in [-0.25, -0.2) is 5.43 Å². The summed E-state index contributed by atoms with van der Waals surface area (Å²) in [5.74, 6) is 1.16. The van der Waals surface area contributed by atoms with Crippen LogP contribution in [-0.2, 0) is 0 Å². The highest BCUT2D eigenvalue weighted by molar-refractivity contribution is 5.92. The molecule has 1 aromatic heterocycles. The summed E-state index contributed by atoms with van der Waals surface area (Å²) in [4.78, 5) is 11.7.